The van der Waals surface area contributed by atoms with E-state index < -0.39 is 0 Å². The second kappa shape index (κ2) is 7.74. The minimum atomic E-state index is -0.387. The van der Waals surface area contributed by atoms with Crippen LogP contribution < -0.4 is 5.32 Å². The lowest BCUT2D eigenvalue weighted by atomic mass is 9.86. The first-order valence-corrected chi connectivity index (χ1v) is 7.34. The molecule has 0 aromatic rings. The number of carbonyl (C=O) groups is 1. The summed E-state index contributed by atoms with van der Waals surface area (Å²) in [5, 5.41) is 3.35. The van der Waals surface area contributed by atoms with Gasteiger partial charge in [0.25, 0.3) is 0 Å². The average Bonchev–Trinajstić information content (AvgIpc) is 2.39. The zero-order chi connectivity index (χ0) is 13.4. The van der Waals surface area contributed by atoms with E-state index in [4.69, 9.17) is 4.74 Å². The number of carbonyl (C=O) groups excluding carboxylic acids is 1. The summed E-state index contributed by atoms with van der Waals surface area (Å²) in [6.07, 6.45) is 3.84. The molecule has 4 nitrogen and oxygen atoms in total. The smallest absolute Gasteiger partial charge is 0.326 e. The molecule has 0 saturated carbocycles. The van der Waals surface area contributed by atoms with E-state index in [1.165, 1.54) is 0 Å². The fourth-order valence-corrected chi connectivity index (χ4v) is 2.96. The summed E-state index contributed by atoms with van der Waals surface area (Å²) in [6.45, 7) is 10.5. The quantitative estimate of drug-likeness (QED) is 0.705. The van der Waals surface area contributed by atoms with Crippen molar-refractivity contribution in [2.75, 3.05) is 32.8 Å². The third-order valence-electron chi connectivity index (χ3n) is 3.70. The van der Waals surface area contributed by atoms with Crippen LogP contribution in [-0.4, -0.2) is 49.2 Å². The lowest BCUT2D eigenvalue weighted by Gasteiger charge is -2.44. The van der Waals surface area contributed by atoms with E-state index in [2.05, 4.69) is 24.1 Å². The number of nitrogens with one attached hydrogen (secondary N) is 1. The molecular formula is C14H28N2O2. The summed E-state index contributed by atoms with van der Waals surface area (Å²) in [6, 6.07) is 0. The lowest BCUT2D eigenvalue weighted by molar-refractivity contribution is -0.160. The maximum atomic E-state index is 12.5. The molecule has 1 aliphatic rings. The Labute approximate surface area is 111 Å². The fourth-order valence-electron chi connectivity index (χ4n) is 2.96. The van der Waals surface area contributed by atoms with Crippen molar-refractivity contribution >= 4 is 5.97 Å². The molecule has 0 spiro atoms. The van der Waals surface area contributed by atoms with Gasteiger partial charge in [0, 0.05) is 26.2 Å². The Hall–Kier alpha value is -0.610. The second-order valence-corrected chi connectivity index (χ2v) is 4.99. The van der Waals surface area contributed by atoms with Crippen LogP contribution in [0.4, 0.5) is 0 Å². The molecule has 106 valence electrons. The largest absolute Gasteiger partial charge is 0.465 e. The minimum Gasteiger partial charge on any atom is -0.465 e. The van der Waals surface area contributed by atoms with Gasteiger partial charge in [-0.15, -0.1) is 0 Å². The molecule has 1 N–H and O–H groups in total. The molecule has 18 heavy (non-hydrogen) atoms. The fraction of sp³-hybridized carbons (Fsp3) is 0.929. The number of piperazine rings is 1. The standard InChI is InChI=1S/C14H28N2O2/c1-4-7-14(8-5-2,13(17)18-6-3)16-11-9-15-10-12-16/h15H,4-12H2,1-3H3. The zero-order valence-corrected chi connectivity index (χ0v) is 12.1. The molecule has 0 aromatic heterocycles. The lowest BCUT2D eigenvalue weighted by Crippen LogP contribution is -2.60. The van der Waals surface area contributed by atoms with Crippen molar-refractivity contribution < 1.29 is 9.53 Å². The van der Waals surface area contributed by atoms with Crippen molar-refractivity contribution in [3.05, 3.63) is 0 Å². The number of hydrogen-bond acceptors (Lipinski definition) is 4. The Balaban J connectivity index is 2.90. The maximum Gasteiger partial charge on any atom is 0.326 e. The number of rotatable bonds is 7. The van der Waals surface area contributed by atoms with E-state index in [0.29, 0.717) is 6.61 Å². The molecule has 1 heterocycles. The Morgan fingerprint density at radius 2 is 1.72 bits per heavy atom. The highest BCUT2D eigenvalue weighted by Gasteiger charge is 2.43. The summed E-state index contributed by atoms with van der Waals surface area (Å²) < 4.78 is 5.36. The highest BCUT2D eigenvalue weighted by Crippen LogP contribution is 2.29. The van der Waals surface area contributed by atoms with Crippen LogP contribution in [0.1, 0.15) is 46.5 Å². The topological polar surface area (TPSA) is 41.6 Å². The van der Waals surface area contributed by atoms with Crippen LogP contribution in [0.5, 0.6) is 0 Å². The van der Waals surface area contributed by atoms with E-state index in [-0.39, 0.29) is 11.5 Å². The van der Waals surface area contributed by atoms with Gasteiger partial charge in [0.2, 0.25) is 0 Å². The number of ether oxygens (including phenoxy) is 1. The summed E-state index contributed by atoms with van der Waals surface area (Å²) >= 11 is 0. The monoisotopic (exact) mass is 256 g/mol. The molecule has 0 amide bonds. The molecule has 0 bridgehead atoms. The zero-order valence-electron chi connectivity index (χ0n) is 12.1. The van der Waals surface area contributed by atoms with Gasteiger partial charge < -0.3 is 10.1 Å². The number of esters is 1. The van der Waals surface area contributed by atoms with Crippen molar-refractivity contribution in [3.63, 3.8) is 0 Å². The minimum absolute atomic E-state index is 0.0180. The van der Waals surface area contributed by atoms with Gasteiger partial charge in [0.15, 0.2) is 0 Å². The molecule has 1 aliphatic heterocycles. The molecule has 1 fully saturated rings. The Morgan fingerprint density at radius 3 is 2.17 bits per heavy atom. The third-order valence-corrected chi connectivity index (χ3v) is 3.70. The summed E-state index contributed by atoms with van der Waals surface area (Å²) in [7, 11) is 0. The molecule has 0 radical (unpaired) electrons. The highest BCUT2D eigenvalue weighted by atomic mass is 16.5. The highest BCUT2D eigenvalue weighted by molar-refractivity contribution is 5.81. The predicted molar refractivity (Wildman–Crippen MR) is 73.6 cm³/mol. The van der Waals surface area contributed by atoms with Crippen LogP contribution in [0.25, 0.3) is 0 Å². The Morgan fingerprint density at radius 1 is 1.17 bits per heavy atom. The molecule has 0 aliphatic carbocycles. The van der Waals surface area contributed by atoms with Gasteiger partial charge in [-0.25, -0.2) is 0 Å². The van der Waals surface area contributed by atoms with Crippen molar-refractivity contribution in [2.24, 2.45) is 0 Å². The van der Waals surface area contributed by atoms with Crippen molar-refractivity contribution in [1.29, 1.82) is 0 Å². The van der Waals surface area contributed by atoms with Crippen LogP contribution in [0.15, 0.2) is 0 Å². The molecular weight excluding hydrogens is 228 g/mol. The van der Waals surface area contributed by atoms with E-state index >= 15 is 0 Å². The summed E-state index contributed by atoms with van der Waals surface area (Å²) in [5.41, 5.74) is -0.387. The van der Waals surface area contributed by atoms with Crippen molar-refractivity contribution in [2.45, 2.75) is 52.0 Å². The van der Waals surface area contributed by atoms with E-state index in [9.17, 15) is 4.79 Å². The Bertz CT molecular complexity index is 244. The summed E-state index contributed by atoms with van der Waals surface area (Å²) in [5.74, 6) is -0.0180. The van der Waals surface area contributed by atoms with Gasteiger partial charge in [0.1, 0.15) is 5.54 Å². The third kappa shape index (κ3) is 3.45. The second-order valence-electron chi connectivity index (χ2n) is 4.99. The number of hydrogen-bond donors (Lipinski definition) is 1. The summed E-state index contributed by atoms with van der Waals surface area (Å²) in [4.78, 5) is 14.8. The normalized spacial score (nSPS) is 17.7. The first-order chi connectivity index (χ1) is 8.71. The molecule has 0 atom stereocenters. The van der Waals surface area contributed by atoms with Crippen LogP contribution in [-0.2, 0) is 9.53 Å². The Kier molecular flexibility index (Phi) is 6.65. The predicted octanol–water partition coefficient (Wildman–Crippen LogP) is 1.79. The van der Waals surface area contributed by atoms with Crippen LogP contribution in [0.3, 0.4) is 0 Å². The molecule has 0 unspecified atom stereocenters. The van der Waals surface area contributed by atoms with Crippen molar-refractivity contribution in [3.8, 4) is 0 Å². The van der Waals surface area contributed by atoms with Gasteiger partial charge in [-0.2, -0.15) is 0 Å². The SMILES string of the molecule is CCCC(CCC)(C(=O)OCC)N1CCNCC1. The first kappa shape index (κ1) is 15.4. The molecule has 1 rings (SSSR count). The van der Waals surface area contributed by atoms with Crippen LogP contribution in [0.2, 0.25) is 0 Å². The van der Waals surface area contributed by atoms with Crippen LogP contribution in [0, 0.1) is 0 Å². The van der Waals surface area contributed by atoms with Gasteiger partial charge in [-0.1, -0.05) is 26.7 Å². The molecule has 1 saturated heterocycles. The van der Waals surface area contributed by atoms with E-state index in [0.717, 1.165) is 51.9 Å². The van der Waals surface area contributed by atoms with Crippen LogP contribution >= 0.6 is 0 Å². The average molecular weight is 256 g/mol. The first-order valence-electron chi connectivity index (χ1n) is 7.34. The van der Waals surface area contributed by atoms with Gasteiger partial charge >= 0.3 is 5.97 Å². The molecule has 0 aromatic carbocycles. The van der Waals surface area contributed by atoms with Gasteiger partial charge in [0.05, 0.1) is 6.61 Å². The van der Waals surface area contributed by atoms with E-state index in [1.807, 2.05) is 6.92 Å². The van der Waals surface area contributed by atoms with Gasteiger partial charge in [-0.3, -0.25) is 9.69 Å². The maximum absolute atomic E-state index is 12.5. The van der Waals surface area contributed by atoms with Crippen molar-refractivity contribution in [1.82, 2.24) is 10.2 Å². The van der Waals surface area contributed by atoms with Gasteiger partial charge in [-0.05, 0) is 19.8 Å². The van der Waals surface area contributed by atoms with E-state index in [1.54, 1.807) is 0 Å². The molecule has 4 heteroatoms. The number of nitrogens with zero attached hydrogens (tertiary/aromatic N) is 1.